The third kappa shape index (κ3) is 4.66. The maximum absolute atomic E-state index is 12.8. The lowest BCUT2D eigenvalue weighted by Gasteiger charge is -2.18. The summed E-state index contributed by atoms with van der Waals surface area (Å²) in [4.78, 5) is 15.0. The summed E-state index contributed by atoms with van der Waals surface area (Å²) in [7, 11) is 1.55. The molecular formula is C19H18BrNO4S2. The highest BCUT2D eigenvalue weighted by Gasteiger charge is 2.34. The summed E-state index contributed by atoms with van der Waals surface area (Å²) >= 11 is 10.2. The Morgan fingerprint density at radius 3 is 3.04 bits per heavy atom. The monoisotopic (exact) mass is 467 g/mol. The van der Waals surface area contributed by atoms with Crippen molar-refractivity contribution in [2.75, 3.05) is 26.9 Å². The highest BCUT2D eigenvalue weighted by atomic mass is 79.9. The van der Waals surface area contributed by atoms with Crippen molar-refractivity contribution in [3.05, 3.63) is 27.1 Å². The molecule has 0 unspecified atom stereocenters. The topological polar surface area (TPSA) is 48.0 Å². The number of thiocarbonyl (C=S) groups is 1. The number of nitrogens with zero attached hydrogens (tertiary/aromatic N) is 1. The van der Waals surface area contributed by atoms with Crippen LogP contribution < -0.4 is 9.47 Å². The van der Waals surface area contributed by atoms with Crippen molar-refractivity contribution in [3.8, 4) is 23.8 Å². The maximum atomic E-state index is 12.8. The summed E-state index contributed by atoms with van der Waals surface area (Å²) in [5, 5.41) is 0. The standard InChI is InChI=1S/C19H18BrNO4S2/c1-3-6-25-17-14(20)8-12(9-15(17)23-2)10-16-18(22)21(19(26)27-16)11-13-5-4-7-24-13/h1,8-10,13H,4-7,11H2,2H3/b16-10-/t13-/m0/s1. The fourth-order valence-corrected chi connectivity index (χ4v) is 4.73. The third-order valence-corrected chi connectivity index (χ3v) is 6.10. The van der Waals surface area contributed by atoms with Crippen LogP contribution in [0.4, 0.5) is 0 Å². The molecule has 1 atom stereocenters. The number of carbonyl (C=O) groups is 1. The molecule has 0 radical (unpaired) electrons. The molecule has 1 amide bonds. The van der Waals surface area contributed by atoms with Gasteiger partial charge in [-0.1, -0.05) is 29.9 Å². The van der Waals surface area contributed by atoms with Crippen molar-refractivity contribution >= 4 is 56.2 Å². The number of thioether (sulfide) groups is 1. The molecule has 0 aliphatic carbocycles. The van der Waals surface area contributed by atoms with Gasteiger partial charge in [0.25, 0.3) is 5.91 Å². The Hall–Kier alpha value is -1.53. The minimum absolute atomic E-state index is 0.0636. The van der Waals surface area contributed by atoms with Crippen molar-refractivity contribution < 1.29 is 19.0 Å². The molecule has 0 N–H and O–H groups in total. The Kier molecular flexibility index (Phi) is 6.82. The molecule has 2 saturated heterocycles. The van der Waals surface area contributed by atoms with Gasteiger partial charge in [-0.25, -0.2) is 0 Å². The Morgan fingerprint density at radius 1 is 1.56 bits per heavy atom. The second-order valence-corrected chi connectivity index (χ2v) is 8.48. The molecule has 1 aromatic carbocycles. The predicted octanol–water partition coefficient (Wildman–Crippen LogP) is 3.85. The lowest BCUT2D eigenvalue weighted by atomic mass is 10.1. The molecule has 0 saturated carbocycles. The van der Waals surface area contributed by atoms with Gasteiger partial charge in [0.1, 0.15) is 10.9 Å². The minimum atomic E-state index is -0.0942. The fraction of sp³-hybridized carbons (Fsp3) is 0.368. The normalized spacial score (nSPS) is 21.0. The summed E-state index contributed by atoms with van der Waals surface area (Å²) in [5.41, 5.74) is 0.796. The average molecular weight is 468 g/mol. The van der Waals surface area contributed by atoms with Crippen LogP contribution in [0.3, 0.4) is 0 Å². The van der Waals surface area contributed by atoms with Crippen LogP contribution in [0.15, 0.2) is 21.5 Å². The molecule has 0 aromatic heterocycles. The molecule has 2 fully saturated rings. The Bertz CT molecular complexity index is 828. The number of amides is 1. The molecule has 2 aliphatic heterocycles. The molecule has 142 valence electrons. The van der Waals surface area contributed by atoms with E-state index < -0.39 is 0 Å². The lowest BCUT2D eigenvalue weighted by molar-refractivity contribution is -0.123. The fourth-order valence-electron chi connectivity index (χ4n) is 2.88. The third-order valence-electron chi connectivity index (χ3n) is 4.13. The van der Waals surface area contributed by atoms with E-state index in [9.17, 15) is 4.79 Å². The van der Waals surface area contributed by atoms with Crippen molar-refractivity contribution in [1.82, 2.24) is 4.90 Å². The number of terminal acetylenes is 1. The number of rotatable bonds is 6. The highest BCUT2D eigenvalue weighted by molar-refractivity contribution is 9.10. The van der Waals surface area contributed by atoms with E-state index in [1.54, 1.807) is 24.2 Å². The SMILES string of the molecule is C#CCOc1c(Br)cc(/C=C2\SC(=S)N(C[C@@H]3CCCO3)C2=O)cc1OC. The molecule has 0 spiro atoms. The van der Waals surface area contributed by atoms with Crippen LogP contribution in [-0.4, -0.2) is 48.1 Å². The van der Waals surface area contributed by atoms with Gasteiger partial charge in [-0.3, -0.25) is 9.69 Å². The zero-order valence-electron chi connectivity index (χ0n) is 14.7. The first-order chi connectivity index (χ1) is 13.0. The molecule has 2 aliphatic rings. The minimum Gasteiger partial charge on any atom is -0.493 e. The van der Waals surface area contributed by atoms with Crippen LogP contribution in [0, 0.1) is 12.3 Å². The van der Waals surface area contributed by atoms with Crippen LogP contribution in [0.5, 0.6) is 11.5 Å². The van der Waals surface area contributed by atoms with Crippen LogP contribution in [0.1, 0.15) is 18.4 Å². The molecule has 0 bridgehead atoms. The number of hydrogen-bond acceptors (Lipinski definition) is 6. The largest absolute Gasteiger partial charge is 0.493 e. The quantitative estimate of drug-likeness (QED) is 0.359. The van der Waals surface area contributed by atoms with Gasteiger partial charge in [0.05, 0.1) is 29.1 Å². The number of halogens is 1. The van der Waals surface area contributed by atoms with Gasteiger partial charge in [0.15, 0.2) is 11.5 Å². The predicted molar refractivity (Wildman–Crippen MR) is 114 cm³/mol. The zero-order chi connectivity index (χ0) is 19.4. The number of carbonyl (C=O) groups excluding carboxylic acids is 1. The van der Waals surface area contributed by atoms with Crippen molar-refractivity contribution in [2.24, 2.45) is 0 Å². The molecule has 27 heavy (non-hydrogen) atoms. The summed E-state index contributed by atoms with van der Waals surface area (Å²) in [6, 6.07) is 3.64. The van der Waals surface area contributed by atoms with Crippen LogP contribution in [-0.2, 0) is 9.53 Å². The van der Waals surface area contributed by atoms with Crippen LogP contribution in [0.25, 0.3) is 6.08 Å². The van der Waals surface area contributed by atoms with Gasteiger partial charge in [0, 0.05) is 6.61 Å². The van der Waals surface area contributed by atoms with E-state index in [1.807, 2.05) is 6.07 Å². The highest BCUT2D eigenvalue weighted by Crippen LogP contribution is 2.39. The number of benzene rings is 1. The summed E-state index contributed by atoms with van der Waals surface area (Å²) < 4.78 is 17.8. The van der Waals surface area contributed by atoms with E-state index in [-0.39, 0.29) is 18.6 Å². The van der Waals surface area contributed by atoms with Gasteiger partial charge in [-0.05, 0) is 52.5 Å². The van der Waals surface area contributed by atoms with E-state index >= 15 is 0 Å². The van der Waals surface area contributed by atoms with E-state index in [4.69, 9.17) is 32.9 Å². The Balaban J connectivity index is 1.81. The lowest BCUT2D eigenvalue weighted by Crippen LogP contribution is -2.35. The van der Waals surface area contributed by atoms with Crippen molar-refractivity contribution in [3.63, 3.8) is 0 Å². The van der Waals surface area contributed by atoms with Gasteiger partial charge in [-0.15, -0.1) is 6.42 Å². The first kappa shape index (κ1) is 20.2. The van der Waals surface area contributed by atoms with Crippen molar-refractivity contribution in [2.45, 2.75) is 18.9 Å². The van der Waals surface area contributed by atoms with Crippen molar-refractivity contribution in [1.29, 1.82) is 0 Å². The number of ether oxygens (including phenoxy) is 3. The number of methoxy groups -OCH3 is 1. The molecule has 8 heteroatoms. The van der Waals surface area contributed by atoms with E-state index in [0.29, 0.717) is 31.7 Å². The average Bonchev–Trinajstić information content (AvgIpc) is 3.25. The first-order valence-corrected chi connectivity index (χ1v) is 10.4. The molecule has 5 nitrogen and oxygen atoms in total. The van der Waals surface area contributed by atoms with Gasteiger partial charge in [-0.2, -0.15) is 0 Å². The maximum Gasteiger partial charge on any atom is 0.266 e. The van der Waals surface area contributed by atoms with Crippen LogP contribution >= 0.6 is 39.9 Å². The molecule has 1 aromatic rings. The van der Waals surface area contributed by atoms with Gasteiger partial charge >= 0.3 is 0 Å². The second kappa shape index (κ2) is 9.11. The number of hydrogen-bond donors (Lipinski definition) is 0. The molecule has 2 heterocycles. The van der Waals surface area contributed by atoms with Gasteiger partial charge < -0.3 is 14.2 Å². The Labute approximate surface area is 176 Å². The Morgan fingerprint density at radius 2 is 2.37 bits per heavy atom. The summed E-state index contributed by atoms with van der Waals surface area (Å²) in [5.74, 6) is 3.39. The first-order valence-electron chi connectivity index (χ1n) is 8.34. The van der Waals surface area contributed by atoms with E-state index in [1.165, 1.54) is 11.8 Å². The smallest absolute Gasteiger partial charge is 0.266 e. The summed E-state index contributed by atoms with van der Waals surface area (Å²) in [6.45, 7) is 1.39. The van der Waals surface area contributed by atoms with Gasteiger partial charge in [0.2, 0.25) is 0 Å². The van der Waals surface area contributed by atoms with E-state index in [2.05, 4.69) is 21.9 Å². The molecule has 3 rings (SSSR count). The summed E-state index contributed by atoms with van der Waals surface area (Å²) in [6.07, 6.45) is 9.09. The van der Waals surface area contributed by atoms with Crippen LogP contribution in [0.2, 0.25) is 0 Å². The zero-order valence-corrected chi connectivity index (χ0v) is 17.9. The molecular weight excluding hydrogens is 450 g/mol. The second-order valence-electron chi connectivity index (χ2n) is 5.95. The van der Waals surface area contributed by atoms with E-state index in [0.717, 1.165) is 25.0 Å².